The Hall–Kier alpha value is -1.43. The zero-order chi connectivity index (χ0) is 14.9. The molecule has 1 fully saturated rings. The van der Waals surface area contributed by atoms with E-state index in [-0.39, 0.29) is 12.5 Å². The lowest BCUT2D eigenvalue weighted by molar-refractivity contribution is -0.122. The van der Waals surface area contributed by atoms with Gasteiger partial charge in [-0.2, -0.15) is 0 Å². The molecule has 0 unspecified atom stereocenters. The topological polar surface area (TPSA) is 55.8 Å². The third-order valence-corrected chi connectivity index (χ3v) is 3.83. The highest BCUT2D eigenvalue weighted by Gasteiger charge is 2.18. The Morgan fingerprint density at radius 2 is 1.76 bits per heavy atom. The molecule has 1 saturated heterocycles. The van der Waals surface area contributed by atoms with E-state index in [1.54, 1.807) is 0 Å². The Kier molecular flexibility index (Phi) is 6.66. The number of nitrogens with one attached hydrogen (secondary N) is 1. The van der Waals surface area contributed by atoms with Gasteiger partial charge in [-0.1, -0.05) is 30.3 Å². The summed E-state index contributed by atoms with van der Waals surface area (Å²) >= 11 is 0. The van der Waals surface area contributed by atoms with Crippen LogP contribution < -0.4 is 5.32 Å². The van der Waals surface area contributed by atoms with Crippen molar-refractivity contribution in [3.8, 4) is 0 Å². The van der Waals surface area contributed by atoms with Crippen LogP contribution in [0.15, 0.2) is 30.3 Å². The van der Waals surface area contributed by atoms with E-state index in [4.69, 9.17) is 5.11 Å². The number of β-amino-alcohol motifs (C(OH)–C–C–N with tert-alkyl or cyclic N) is 1. The molecular formula is C16H25N3O2. The summed E-state index contributed by atoms with van der Waals surface area (Å²) in [5, 5.41) is 11.9. The second-order valence-corrected chi connectivity index (χ2v) is 5.43. The van der Waals surface area contributed by atoms with Crippen LogP contribution in [0.25, 0.3) is 0 Å². The molecule has 0 bridgehead atoms. The largest absolute Gasteiger partial charge is 0.395 e. The van der Waals surface area contributed by atoms with Crippen LogP contribution in [0.1, 0.15) is 5.56 Å². The van der Waals surface area contributed by atoms with Crippen molar-refractivity contribution in [3.63, 3.8) is 0 Å². The molecule has 21 heavy (non-hydrogen) atoms. The summed E-state index contributed by atoms with van der Waals surface area (Å²) in [7, 11) is 0. The third kappa shape index (κ3) is 5.83. The van der Waals surface area contributed by atoms with E-state index in [2.05, 4.69) is 27.2 Å². The van der Waals surface area contributed by atoms with Gasteiger partial charge in [-0.3, -0.25) is 14.6 Å². The van der Waals surface area contributed by atoms with Gasteiger partial charge in [-0.05, 0) is 12.0 Å². The van der Waals surface area contributed by atoms with Crippen molar-refractivity contribution in [1.29, 1.82) is 0 Å². The fourth-order valence-electron chi connectivity index (χ4n) is 2.56. The molecule has 2 rings (SSSR count). The quantitative estimate of drug-likeness (QED) is 0.740. The fourth-order valence-corrected chi connectivity index (χ4v) is 2.56. The molecule has 116 valence electrons. The lowest BCUT2D eigenvalue weighted by Gasteiger charge is -2.33. The summed E-state index contributed by atoms with van der Waals surface area (Å²) in [5.41, 5.74) is 1.25. The van der Waals surface area contributed by atoms with E-state index in [0.29, 0.717) is 13.1 Å². The van der Waals surface area contributed by atoms with E-state index in [1.807, 2.05) is 18.2 Å². The van der Waals surface area contributed by atoms with Crippen LogP contribution in [-0.2, 0) is 11.2 Å². The van der Waals surface area contributed by atoms with Crippen molar-refractivity contribution in [2.45, 2.75) is 6.42 Å². The average molecular weight is 291 g/mol. The first-order valence-corrected chi connectivity index (χ1v) is 7.64. The molecule has 1 aromatic rings. The van der Waals surface area contributed by atoms with E-state index in [1.165, 1.54) is 5.56 Å². The third-order valence-electron chi connectivity index (χ3n) is 3.83. The highest BCUT2D eigenvalue weighted by Crippen LogP contribution is 2.01. The van der Waals surface area contributed by atoms with Crippen LogP contribution in [0.4, 0.5) is 0 Å². The van der Waals surface area contributed by atoms with Crippen LogP contribution in [0, 0.1) is 0 Å². The number of amides is 1. The molecule has 0 saturated carbocycles. The number of hydrogen-bond acceptors (Lipinski definition) is 4. The van der Waals surface area contributed by atoms with E-state index < -0.39 is 0 Å². The van der Waals surface area contributed by atoms with Gasteiger partial charge in [0, 0.05) is 39.3 Å². The van der Waals surface area contributed by atoms with E-state index in [0.717, 1.165) is 39.1 Å². The summed E-state index contributed by atoms with van der Waals surface area (Å²) in [6, 6.07) is 10.2. The summed E-state index contributed by atoms with van der Waals surface area (Å²) in [5.74, 6) is 0.0986. The molecule has 0 atom stereocenters. The number of benzene rings is 1. The molecule has 5 heteroatoms. The molecule has 0 aromatic heterocycles. The summed E-state index contributed by atoms with van der Waals surface area (Å²) in [4.78, 5) is 16.3. The first-order chi connectivity index (χ1) is 10.3. The number of nitrogens with zero attached hydrogens (tertiary/aromatic N) is 2. The molecule has 0 aliphatic carbocycles. The lowest BCUT2D eigenvalue weighted by Crippen LogP contribution is -2.50. The number of rotatable bonds is 7. The predicted molar refractivity (Wildman–Crippen MR) is 83.1 cm³/mol. The van der Waals surface area contributed by atoms with E-state index >= 15 is 0 Å². The van der Waals surface area contributed by atoms with Gasteiger partial charge in [0.15, 0.2) is 0 Å². The molecule has 1 aromatic carbocycles. The van der Waals surface area contributed by atoms with Gasteiger partial charge in [0.1, 0.15) is 0 Å². The second-order valence-electron chi connectivity index (χ2n) is 5.43. The molecule has 1 aliphatic heterocycles. The van der Waals surface area contributed by atoms with Crippen LogP contribution >= 0.6 is 0 Å². The Balaban J connectivity index is 1.60. The van der Waals surface area contributed by atoms with Gasteiger partial charge in [0.05, 0.1) is 13.2 Å². The molecule has 1 heterocycles. The first-order valence-electron chi connectivity index (χ1n) is 7.64. The van der Waals surface area contributed by atoms with Gasteiger partial charge < -0.3 is 10.4 Å². The number of piperazine rings is 1. The number of carbonyl (C=O) groups excluding carboxylic acids is 1. The minimum absolute atomic E-state index is 0.0986. The molecule has 5 nitrogen and oxygen atoms in total. The van der Waals surface area contributed by atoms with Crippen molar-refractivity contribution < 1.29 is 9.90 Å². The minimum Gasteiger partial charge on any atom is -0.395 e. The molecule has 0 spiro atoms. The first kappa shape index (κ1) is 15.9. The second kappa shape index (κ2) is 8.77. The van der Waals surface area contributed by atoms with Crippen molar-refractivity contribution in [2.75, 3.05) is 52.4 Å². The lowest BCUT2D eigenvalue weighted by atomic mass is 10.1. The van der Waals surface area contributed by atoms with Gasteiger partial charge in [0.25, 0.3) is 0 Å². The molecule has 1 aliphatic rings. The number of hydrogen-bond donors (Lipinski definition) is 2. The van der Waals surface area contributed by atoms with Crippen molar-refractivity contribution in [1.82, 2.24) is 15.1 Å². The summed E-state index contributed by atoms with van der Waals surface area (Å²) in [6.07, 6.45) is 0.872. The van der Waals surface area contributed by atoms with Gasteiger partial charge in [-0.15, -0.1) is 0 Å². The summed E-state index contributed by atoms with van der Waals surface area (Å²) < 4.78 is 0. The minimum atomic E-state index is 0.0986. The maximum Gasteiger partial charge on any atom is 0.234 e. The number of aliphatic hydroxyl groups is 1. The fraction of sp³-hybridized carbons (Fsp3) is 0.562. The normalized spacial score (nSPS) is 16.8. The predicted octanol–water partition coefficient (Wildman–Crippen LogP) is -0.0448. The molecule has 0 radical (unpaired) electrons. The smallest absolute Gasteiger partial charge is 0.234 e. The highest BCUT2D eigenvalue weighted by molar-refractivity contribution is 5.78. The van der Waals surface area contributed by atoms with Crippen molar-refractivity contribution in [2.24, 2.45) is 0 Å². The van der Waals surface area contributed by atoms with Gasteiger partial charge >= 0.3 is 0 Å². The molecular weight excluding hydrogens is 266 g/mol. The Bertz CT molecular complexity index is 417. The van der Waals surface area contributed by atoms with Gasteiger partial charge in [-0.25, -0.2) is 0 Å². The number of carbonyl (C=O) groups is 1. The Morgan fingerprint density at radius 3 is 2.43 bits per heavy atom. The average Bonchev–Trinajstić information content (AvgIpc) is 2.51. The monoisotopic (exact) mass is 291 g/mol. The Labute approximate surface area is 126 Å². The summed E-state index contributed by atoms with van der Waals surface area (Å²) in [6.45, 7) is 5.75. The maximum atomic E-state index is 11.9. The Morgan fingerprint density at radius 1 is 1.10 bits per heavy atom. The number of aliphatic hydroxyl groups excluding tert-OH is 1. The van der Waals surface area contributed by atoms with Crippen molar-refractivity contribution >= 4 is 5.91 Å². The van der Waals surface area contributed by atoms with Crippen LogP contribution in [0.3, 0.4) is 0 Å². The zero-order valence-corrected chi connectivity index (χ0v) is 12.5. The van der Waals surface area contributed by atoms with Crippen LogP contribution in [-0.4, -0.2) is 73.2 Å². The SMILES string of the molecule is O=C(CN1CCN(CCO)CC1)NCCc1ccccc1. The molecule has 2 N–H and O–H groups in total. The van der Waals surface area contributed by atoms with Gasteiger partial charge in [0.2, 0.25) is 5.91 Å². The van der Waals surface area contributed by atoms with Crippen molar-refractivity contribution in [3.05, 3.63) is 35.9 Å². The zero-order valence-electron chi connectivity index (χ0n) is 12.5. The maximum absolute atomic E-state index is 11.9. The van der Waals surface area contributed by atoms with Crippen LogP contribution in [0.2, 0.25) is 0 Å². The van der Waals surface area contributed by atoms with E-state index in [9.17, 15) is 4.79 Å². The standard InChI is InChI=1S/C16H25N3O2/c20-13-12-18-8-10-19(11-9-18)14-16(21)17-7-6-15-4-2-1-3-5-15/h1-5,20H,6-14H2,(H,17,21). The highest BCUT2D eigenvalue weighted by atomic mass is 16.3. The molecule has 1 amide bonds. The van der Waals surface area contributed by atoms with Crippen LogP contribution in [0.5, 0.6) is 0 Å².